The average Bonchev–Trinajstić information content (AvgIpc) is 2.67. The highest BCUT2D eigenvalue weighted by atomic mass is 16.1. The number of hydrogen-bond acceptors (Lipinski definition) is 3. The Morgan fingerprint density at radius 1 is 1.43 bits per heavy atom. The molecule has 0 aliphatic heterocycles. The van der Waals surface area contributed by atoms with E-state index in [4.69, 9.17) is 5.73 Å². The van der Waals surface area contributed by atoms with Crippen molar-refractivity contribution in [3.05, 3.63) is 18.0 Å². The fraction of sp³-hybridized carbons (Fsp3) is 0.600. The Kier molecular flexibility index (Phi) is 2.63. The van der Waals surface area contributed by atoms with Crippen LogP contribution in [0.5, 0.6) is 0 Å². The van der Waals surface area contributed by atoms with Crippen LogP contribution in [0.3, 0.4) is 0 Å². The summed E-state index contributed by atoms with van der Waals surface area (Å²) in [5.74, 6) is 0. The van der Waals surface area contributed by atoms with Gasteiger partial charge in [0.2, 0.25) is 0 Å². The Bertz CT molecular complexity index is 313. The predicted molar refractivity (Wildman–Crippen MR) is 53.1 cm³/mol. The molecule has 4 heteroatoms. The summed E-state index contributed by atoms with van der Waals surface area (Å²) in [6, 6.07) is 2.45. The Balaban J connectivity index is 2.11. The third-order valence-electron chi connectivity index (χ3n) is 2.91. The number of rotatable bonds is 2. The van der Waals surface area contributed by atoms with Crippen LogP contribution >= 0.6 is 0 Å². The first-order chi connectivity index (χ1) is 6.81. The van der Waals surface area contributed by atoms with Crippen LogP contribution in [0.4, 0.5) is 0 Å². The standard InChI is InChI=1S/C10H15N3O/c11-8-1-3-9(4-2-8)13-10(7-14)5-6-12-13/h5-9H,1-4,11H2. The smallest absolute Gasteiger partial charge is 0.168 e. The van der Waals surface area contributed by atoms with Crippen LogP contribution in [-0.2, 0) is 0 Å². The van der Waals surface area contributed by atoms with E-state index in [0.717, 1.165) is 32.0 Å². The Hall–Kier alpha value is -1.16. The Morgan fingerprint density at radius 2 is 2.14 bits per heavy atom. The van der Waals surface area contributed by atoms with Gasteiger partial charge in [0, 0.05) is 12.2 Å². The van der Waals surface area contributed by atoms with Crippen molar-refractivity contribution in [1.29, 1.82) is 0 Å². The van der Waals surface area contributed by atoms with E-state index >= 15 is 0 Å². The first kappa shape index (κ1) is 9.40. The second-order valence-corrected chi connectivity index (χ2v) is 3.89. The normalized spacial score (nSPS) is 27.5. The SMILES string of the molecule is NC1CCC(n2nccc2C=O)CC1. The van der Waals surface area contributed by atoms with Gasteiger partial charge in [0.1, 0.15) is 5.69 Å². The lowest BCUT2D eigenvalue weighted by Crippen LogP contribution is -2.28. The number of carbonyl (C=O) groups excluding carboxylic acids is 1. The fourth-order valence-electron chi connectivity index (χ4n) is 2.07. The van der Waals surface area contributed by atoms with Crippen molar-refractivity contribution in [3.8, 4) is 0 Å². The molecule has 2 N–H and O–H groups in total. The maximum absolute atomic E-state index is 10.7. The molecule has 0 aromatic carbocycles. The lowest BCUT2D eigenvalue weighted by molar-refractivity contribution is 0.110. The van der Waals surface area contributed by atoms with Crippen molar-refractivity contribution in [3.63, 3.8) is 0 Å². The van der Waals surface area contributed by atoms with E-state index in [1.807, 2.05) is 4.68 Å². The van der Waals surface area contributed by atoms with Crippen LogP contribution in [0.25, 0.3) is 0 Å². The van der Waals surface area contributed by atoms with Crippen LogP contribution in [0, 0.1) is 0 Å². The van der Waals surface area contributed by atoms with E-state index in [1.165, 1.54) is 0 Å². The summed E-state index contributed by atoms with van der Waals surface area (Å²) < 4.78 is 1.83. The summed E-state index contributed by atoms with van der Waals surface area (Å²) >= 11 is 0. The minimum absolute atomic E-state index is 0.335. The molecule has 1 aromatic heterocycles. The number of carbonyl (C=O) groups is 1. The van der Waals surface area contributed by atoms with E-state index in [0.29, 0.717) is 17.8 Å². The first-order valence-electron chi connectivity index (χ1n) is 5.05. The van der Waals surface area contributed by atoms with Gasteiger partial charge in [0.05, 0.1) is 6.04 Å². The average molecular weight is 193 g/mol. The Labute approximate surface area is 83.1 Å². The zero-order valence-corrected chi connectivity index (χ0v) is 8.10. The first-order valence-corrected chi connectivity index (χ1v) is 5.05. The predicted octanol–water partition coefficient (Wildman–Crippen LogP) is 1.14. The molecule has 0 spiro atoms. The van der Waals surface area contributed by atoms with Gasteiger partial charge in [-0.2, -0.15) is 5.10 Å². The summed E-state index contributed by atoms with van der Waals surface area (Å²) in [6.07, 6.45) is 6.67. The number of nitrogens with zero attached hydrogens (tertiary/aromatic N) is 2. The van der Waals surface area contributed by atoms with Crippen LogP contribution in [0.1, 0.15) is 42.2 Å². The zero-order chi connectivity index (χ0) is 9.97. The van der Waals surface area contributed by atoms with E-state index < -0.39 is 0 Å². The lowest BCUT2D eigenvalue weighted by atomic mass is 9.92. The van der Waals surface area contributed by atoms with E-state index in [9.17, 15) is 4.79 Å². The molecule has 0 radical (unpaired) electrons. The summed E-state index contributed by atoms with van der Waals surface area (Å²) in [5, 5.41) is 4.18. The van der Waals surface area contributed by atoms with E-state index in [1.54, 1.807) is 12.3 Å². The molecule has 0 amide bonds. The molecule has 0 saturated heterocycles. The van der Waals surface area contributed by atoms with Gasteiger partial charge < -0.3 is 5.73 Å². The van der Waals surface area contributed by atoms with Gasteiger partial charge in [-0.1, -0.05) is 0 Å². The van der Waals surface area contributed by atoms with Gasteiger partial charge in [-0.05, 0) is 31.7 Å². The van der Waals surface area contributed by atoms with Gasteiger partial charge in [-0.25, -0.2) is 0 Å². The van der Waals surface area contributed by atoms with E-state index in [-0.39, 0.29) is 0 Å². The van der Waals surface area contributed by atoms with Crippen LogP contribution < -0.4 is 5.73 Å². The monoisotopic (exact) mass is 193 g/mol. The highest BCUT2D eigenvalue weighted by Crippen LogP contribution is 2.27. The van der Waals surface area contributed by atoms with Crippen LogP contribution in [0.2, 0.25) is 0 Å². The zero-order valence-electron chi connectivity index (χ0n) is 8.10. The van der Waals surface area contributed by atoms with Gasteiger partial charge in [-0.3, -0.25) is 9.48 Å². The molecule has 1 heterocycles. The molecule has 1 aliphatic rings. The van der Waals surface area contributed by atoms with Crippen molar-refractivity contribution in [2.45, 2.75) is 37.8 Å². The largest absolute Gasteiger partial charge is 0.328 e. The molecular weight excluding hydrogens is 178 g/mol. The van der Waals surface area contributed by atoms with E-state index in [2.05, 4.69) is 5.10 Å². The maximum Gasteiger partial charge on any atom is 0.168 e. The maximum atomic E-state index is 10.7. The summed E-state index contributed by atoms with van der Waals surface area (Å²) in [7, 11) is 0. The molecule has 0 bridgehead atoms. The van der Waals surface area contributed by atoms with Crippen molar-refractivity contribution in [2.24, 2.45) is 5.73 Å². The molecule has 0 unspecified atom stereocenters. The highest BCUT2D eigenvalue weighted by molar-refractivity contribution is 5.71. The number of aldehydes is 1. The molecule has 1 aliphatic carbocycles. The summed E-state index contributed by atoms with van der Waals surface area (Å²) in [5.41, 5.74) is 6.49. The molecule has 2 rings (SSSR count). The van der Waals surface area contributed by atoms with Gasteiger partial charge in [0.25, 0.3) is 0 Å². The second kappa shape index (κ2) is 3.92. The van der Waals surface area contributed by atoms with Crippen LogP contribution in [-0.4, -0.2) is 22.1 Å². The number of aromatic nitrogens is 2. The molecule has 1 aromatic rings. The van der Waals surface area contributed by atoms with Gasteiger partial charge >= 0.3 is 0 Å². The third kappa shape index (κ3) is 1.70. The number of nitrogens with two attached hydrogens (primary N) is 1. The number of hydrogen-bond donors (Lipinski definition) is 1. The van der Waals surface area contributed by atoms with Gasteiger partial charge in [-0.15, -0.1) is 0 Å². The Morgan fingerprint density at radius 3 is 2.79 bits per heavy atom. The molecular formula is C10H15N3O. The van der Waals surface area contributed by atoms with Gasteiger partial charge in [0.15, 0.2) is 6.29 Å². The van der Waals surface area contributed by atoms with Crippen LogP contribution in [0.15, 0.2) is 12.3 Å². The fourth-order valence-corrected chi connectivity index (χ4v) is 2.07. The van der Waals surface area contributed by atoms with Crippen molar-refractivity contribution in [1.82, 2.24) is 9.78 Å². The topological polar surface area (TPSA) is 60.9 Å². The molecule has 1 saturated carbocycles. The summed E-state index contributed by atoms with van der Waals surface area (Å²) in [4.78, 5) is 10.7. The molecule has 4 nitrogen and oxygen atoms in total. The summed E-state index contributed by atoms with van der Waals surface area (Å²) in [6.45, 7) is 0. The molecule has 0 atom stereocenters. The quantitative estimate of drug-likeness (QED) is 0.716. The molecule has 76 valence electrons. The minimum atomic E-state index is 0.335. The van der Waals surface area contributed by atoms with Crippen molar-refractivity contribution < 1.29 is 4.79 Å². The highest BCUT2D eigenvalue weighted by Gasteiger charge is 2.21. The second-order valence-electron chi connectivity index (χ2n) is 3.89. The third-order valence-corrected chi connectivity index (χ3v) is 2.91. The van der Waals surface area contributed by atoms with Crippen molar-refractivity contribution in [2.75, 3.05) is 0 Å². The lowest BCUT2D eigenvalue weighted by Gasteiger charge is -2.26. The molecule has 14 heavy (non-hydrogen) atoms. The molecule has 1 fully saturated rings. The minimum Gasteiger partial charge on any atom is -0.328 e. The van der Waals surface area contributed by atoms with Crippen molar-refractivity contribution >= 4 is 6.29 Å².